The van der Waals surface area contributed by atoms with Crippen molar-refractivity contribution in [3.05, 3.63) is 70.6 Å². The fourth-order valence-electron chi connectivity index (χ4n) is 2.70. The molecule has 0 amide bonds. The van der Waals surface area contributed by atoms with Crippen molar-refractivity contribution in [1.82, 2.24) is 0 Å². The minimum Gasteiger partial charge on any atom is -0.506 e. The van der Waals surface area contributed by atoms with Crippen molar-refractivity contribution < 1.29 is 14.3 Å². The first-order valence-electron chi connectivity index (χ1n) is 8.73. The summed E-state index contributed by atoms with van der Waals surface area (Å²) in [6.45, 7) is 4.11. The number of hydrogen-bond acceptors (Lipinski definition) is 6. The van der Waals surface area contributed by atoms with Gasteiger partial charge in [-0.05, 0) is 41.8 Å². The normalized spacial score (nSPS) is 10.6. The minimum atomic E-state index is -0.594. The van der Waals surface area contributed by atoms with Gasteiger partial charge in [-0.2, -0.15) is 5.26 Å². The lowest BCUT2D eigenvalue weighted by atomic mass is 10.0. The van der Waals surface area contributed by atoms with Gasteiger partial charge >= 0.3 is 5.63 Å². The minimum absolute atomic E-state index is 0.0427. The summed E-state index contributed by atoms with van der Waals surface area (Å²) in [6, 6.07) is 17.9. The van der Waals surface area contributed by atoms with Gasteiger partial charge in [0.25, 0.3) is 0 Å². The van der Waals surface area contributed by atoms with E-state index in [9.17, 15) is 9.90 Å². The van der Waals surface area contributed by atoms with Gasteiger partial charge in [0.05, 0.1) is 0 Å². The maximum Gasteiger partial charge on any atom is 0.354 e. The van der Waals surface area contributed by atoms with Gasteiger partial charge in [-0.25, -0.2) is 4.79 Å². The molecule has 2 aromatic carbocycles. The summed E-state index contributed by atoms with van der Waals surface area (Å²) in [7, 11) is 0. The van der Waals surface area contributed by atoms with Crippen molar-refractivity contribution in [1.29, 1.82) is 5.26 Å². The van der Waals surface area contributed by atoms with E-state index in [1.165, 1.54) is 17.8 Å². The molecule has 0 bridgehead atoms. The van der Waals surface area contributed by atoms with E-state index in [1.807, 2.05) is 30.3 Å². The molecule has 0 spiro atoms. The lowest BCUT2D eigenvalue weighted by Crippen LogP contribution is -2.03. The Morgan fingerprint density at radius 2 is 1.89 bits per heavy atom. The second kappa shape index (κ2) is 8.68. The van der Waals surface area contributed by atoms with Crippen LogP contribution in [0.15, 0.2) is 73.6 Å². The third-order valence-corrected chi connectivity index (χ3v) is 5.26. The Balaban J connectivity index is 1.90. The van der Waals surface area contributed by atoms with E-state index >= 15 is 0 Å². The molecule has 0 saturated carbocycles. The van der Waals surface area contributed by atoms with Gasteiger partial charge in [-0.1, -0.05) is 43.8 Å². The Morgan fingerprint density at radius 3 is 2.54 bits per heavy atom. The zero-order valence-corrected chi connectivity index (χ0v) is 16.3. The number of ether oxygens (including phenoxy) is 1. The van der Waals surface area contributed by atoms with Crippen LogP contribution in [0, 0.1) is 11.3 Å². The van der Waals surface area contributed by atoms with Gasteiger partial charge in [0.2, 0.25) is 0 Å². The number of benzene rings is 2. The summed E-state index contributed by atoms with van der Waals surface area (Å²) < 4.78 is 10.6. The molecule has 0 radical (unpaired) electrons. The standard InChI is InChI=1S/C22H19NO4S/c1-14(2)17-5-3-4-6-20(17)28-21-18(24)13-19(27-22(21)25)15-7-9-16(10-8-15)26-12-11-23/h3-10,13-14,24H,12H2,1-2H3. The Bertz CT molecular complexity index is 1070. The molecule has 0 aliphatic rings. The van der Waals surface area contributed by atoms with E-state index in [2.05, 4.69) is 13.8 Å². The molecule has 0 aliphatic heterocycles. The number of nitrogens with zero attached hydrogens (tertiary/aromatic N) is 1. The Kier molecular flexibility index (Phi) is 6.07. The maximum atomic E-state index is 12.5. The summed E-state index contributed by atoms with van der Waals surface area (Å²) in [4.78, 5) is 13.6. The molecule has 1 N–H and O–H groups in total. The van der Waals surface area contributed by atoms with Crippen LogP contribution < -0.4 is 10.4 Å². The molecule has 6 heteroatoms. The summed E-state index contributed by atoms with van der Waals surface area (Å²) in [5.41, 5.74) is 1.13. The SMILES string of the molecule is CC(C)c1ccccc1Sc1c(O)cc(-c2ccc(OCC#N)cc2)oc1=O. The first-order chi connectivity index (χ1) is 13.5. The zero-order chi connectivity index (χ0) is 20.1. The highest BCUT2D eigenvalue weighted by Crippen LogP contribution is 2.37. The number of rotatable bonds is 6. The van der Waals surface area contributed by atoms with Crippen LogP contribution in [0.4, 0.5) is 0 Å². The first-order valence-corrected chi connectivity index (χ1v) is 9.55. The molecule has 3 rings (SSSR count). The largest absolute Gasteiger partial charge is 0.506 e. The van der Waals surface area contributed by atoms with Gasteiger partial charge in [0, 0.05) is 16.5 Å². The predicted molar refractivity (Wildman–Crippen MR) is 108 cm³/mol. The van der Waals surface area contributed by atoms with E-state index in [0.717, 1.165) is 10.5 Å². The first kappa shape index (κ1) is 19.6. The third kappa shape index (κ3) is 4.38. The quantitative estimate of drug-likeness (QED) is 0.620. The van der Waals surface area contributed by atoms with E-state index in [0.29, 0.717) is 17.2 Å². The lowest BCUT2D eigenvalue weighted by molar-refractivity contribution is 0.368. The summed E-state index contributed by atoms with van der Waals surface area (Å²) >= 11 is 1.20. The van der Waals surface area contributed by atoms with Crippen molar-refractivity contribution in [2.24, 2.45) is 0 Å². The Hall–Kier alpha value is -3.17. The van der Waals surface area contributed by atoms with Gasteiger partial charge < -0.3 is 14.3 Å². The molecule has 0 unspecified atom stereocenters. The monoisotopic (exact) mass is 393 g/mol. The second-order valence-electron chi connectivity index (χ2n) is 6.38. The molecular formula is C22H19NO4S. The van der Waals surface area contributed by atoms with Crippen LogP contribution in [-0.4, -0.2) is 11.7 Å². The maximum absolute atomic E-state index is 12.5. The van der Waals surface area contributed by atoms with Gasteiger partial charge in [-0.15, -0.1) is 0 Å². The smallest absolute Gasteiger partial charge is 0.354 e. The van der Waals surface area contributed by atoms with E-state index in [4.69, 9.17) is 14.4 Å². The van der Waals surface area contributed by atoms with Crippen LogP contribution in [0.5, 0.6) is 11.5 Å². The molecule has 0 fully saturated rings. The summed E-state index contributed by atoms with van der Waals surface area (Å²) in [5, 5.41) is 19.0. The molecule has 0 saturated heterocycles. The fraction of sp³-hybridized carbons (Fsp3) is 0.182. The number of aromatic hydroxyl groups is 1. The number of hydrogen-bond donors (Lipinski definition) is 1. The zero-order valence-electron chi connectivity index (χ0n) is 15.5. The van der Waals surface area contributed by atoms with Crippen LogP contribution >= 0.6 is 11.8 Å². The molecule has 5 nitrogen and oxygen atoms in total. The highest BCUT2D eigenvalue weighted by atomic mass is 32.2. The van der Waals surface area contributed by atoms with Gasteiger partial charge in [-0.3, -0.25) is 0 Å². The highest BCUT2D eigenvalue weighted by molar-refractivity contribution is 7.99. The van der Waals surface area contributed by atoms with Crippen molar-refractivity contribution in [3.63, 3.8) is 0 Å². The average molecular weight is 393 g/mol. The van der Waals surface area contributed by atoms with Gasteiger partial charge in [0.1, 0.15) is 28.2 Å². The molecule has 0 aliphatic carbocycles. The van der Waals surface area contributed by atoms with Crippen LogP contribution in [0.1, 0.15) is 25.3 Å². The molecule has 1 heterocycles. The summed E-state index contributed by atoms with van der Waals surface area (Å²) in [5.74, 6) is 0.962. The average Bonchev–Trinajstić information content (AvgIpc) is 2.69. The second-order valence-corrected chi connectivity index (χ2v) is 7.43. The highest BCUT2D eigenvalue weighted by Gasteiger charge is 2.16. The van der Waals surface area contributed by atoms with Gasteiger partial charge in [0.15, 0.2) is 6.61 Å². The van der Waals surface area contributed by atoms with Crippen LogP contribution in [-0.2, 0) is 0 Å². The molecule has 142 valence electrons. The predicted octanol–water partition coefficient (Wildman–Crippen LogP) is 5.19. The summed E-state index contributed by atoms with van der Waals surface area (Å²) in [6.07, 6.45) is 0. The number of nitriles is 1. The van der Waals surface area contributed by atoms with Crippen molar-refractivity contribution in [2.75, 3.05) is 6.61 Å². The molecule has 1 aromatic heterocycles. The van der Waals surface area contributed by atoms with Crippen LogP contribution in [0.3, 0.4) is 0 Å². The van der Waals surface area contributed by atoms with Crippen molar-refractivity contribution >= 4 is 11.8 Å². The lowest BCUT2D eigenvalue weighted by Gasteiger charge is -2.12. The molecule has 3 aromatic rings. The van der Waals surface area contributed by atoms with Crippen molar-refractivity contribution in [2.45, 2.75) is 29.6 Å². The van der Waals surface area contributed by atoms with Crippen molar-refractivity contribution in [3.8, 4) is 28.9 Å². The topological polar surface area (TPSA) is 83.5 Å². The van der Waals surface area contributed by atoms with Crippen LogP contribution in [0.2, 0.25) is 0 Å². The Morgan fingerprint density at radius 1 is 1.18 bits per heavy atom. The molecular weight excluding hydrogens is 374 g/mol. The van der Waals surface area contributed by atoms with E-state index in [-0.39, 0.29) is 23.0 Å². The third-order valence-electron chi connectivity index (χ3n) is 4.08. The molecule has 28 heavy (non-hydrogen) atoms. The Labute approximate surface area is 167 Å². The fourth-order valence-corrected chi connectivity index (χ4v) is 3.77. The van der Waals surface area contributed by atoms with E-state index in [1.54, 1.807) is 24.3 Å². The molecule has 0 atom stereocenters. The van der Waals surface area contributed by atoms with Crippen LogP contribution in [0.25, 0.3) is 11.3 Å². The van der Waals surface area contributed by atoms with E-state index < -0.39 is 5.63 Å².